The zero-order valence-corrected chi connectivity index (χ0v) is 16.7. The predicted octanol–water partition coefficient (Wildman–Crippen LogP) is 6.84. The van der Waals surface area contributed by atoms with Gasteiger partial charge < -0.3 is 9.47 Å². The van der Waals surface area contributed by atoms with Crippen LogP contribution >= 0.6 is 0 Å². The van der Waals surface area contributed by atoms with E-state index >= 15 is 0 Å². The molecule has 1 atom stereocenters. The minimum absolute atomic E-state index is 0.437. The maximum absolute atomic E-state index is 14.1. The van der Waals surface area contributed by atoms with Gasteiger partial charge in [-0.3, -0.25) is 0 Å². The normalized spacial score (nSPS) is 11.6. The molecule has 0 fully saturated rings. The highest BCUT2D eigenvalue weighted by Gasteiger charge is 2.25. The molecule has 0 amide bonds. The molecule has 0 spiro atoms. The number of rotatable bonds is 6. The van der Waals surface area contributed by atoms with E-state index in [1.807, 2.05) is 30.3 Å². The fourth-order valence-corrected chi connectivity index (χ4v) is 3.19. The zero-order valence-electron chi connectivity index (χ0n) is 16.7. The Morgan fingerprint density at radius 1 is 0.656 bits per heavy atom. The van der Waals surface area contributed by atoms with Gasteiger partial charge in [0.15, 0.2) is 6.10 Å². The fourth-order valence-electron chi connectivity index (χ4n) is 3.19. The first kappa shape index (κ1) is 21.2. The van der Waals surface area contributed by atoms with Crippen LogP contribution in [0.2, 0.25) is 0 Å². The van der Waals surface area contributed by atoms with Gasteiger partial charge >= 0.3 is 5.97 Å². The van der Waals surface area contributed by atoms with Crippen molar-refractivity contribution in [2.75, 3.05) is 0 Å². The molecule has 0 aliphatic carbocycles. The summed E-state index contributed by atoms with van der Waals surface area (Å²) in [5.41, 5.74) is 0.213. The van der Waals surface area contributed by atoms with Gasteiger partial charge in [0, 0.05) is 12.1 Å². The number of carbonyl (C=O) groups is 1. The van der Waals surface area contributed by atoms with Crippen LogP contribution in [0.15, 0.2) is 97.1 Å². The van der Waals surface area contributed by atoms with E-state index < -0.39 is 35.1 Å². The number of hydrogen-bond acceptors (Lipinski definition) is 3. The molecule has 32 heavy (non-hydrogen) atoms. The first-order valence-electron chi connectivity index (χ1n) is 9.74. The maximum Gasteiger partial charge on any atom is 0.345 e. The van der Waals surface area contributed by atoms with Crippen LogP contribution in [0.4, 0.5) is 13.2 Å². The summed E-state index contributed by atoms with van der Waals surface area (Å²) in [4.78, 5) is 12.6. The van der Waals surface area contributed by atoms with E-state index in [0.29, 0.717) is 34.8 Å². The van der Waals surface area contributed by atoms with Crippen molar-refractivity contribution in [3.8, 4) is 11.5 Å². The van der Waals surface area contributed by atoms with Gasteiger partial charge in [-0.05, 0) is 35.4 Å². The number of hydrogen-bond donors (Lipinski definition) is 0. The molecule has 0 aromatic heterocycles. The molecule has 6 heteroatoms. The van der Waals surface area contributed by atoms with Gasteiger partial charge in [0.05, 0.1) is 0 Å². The van der Waals surface area contributed by atoms with E-state index in [1.165, 1.54) is 0 Å². The van der Waals surface area contributed by atoms with E-state index in [-0.39, 0.29) is 0 Å². The molecule has 0 aliphatic heterocycles. The Hall–Kier alpha value is -4.06. The number of para-hydroxylation sites is 1. The molecule has 1 unspecified atom stereocenters. The van der Waals surface area contributed by atoms with Gasteiger partial charge in [0.2, 0.25) is 0 Å². The van der Waals surface area contributed by atoms with Crippen molar-refractivity contribution in [2.45, 2.75) is 6.10 Å². The first-order chi connectivity index (χ1) is 15.5. The first-order valence-corrected chi connectivity index (χ1v) is 9.74. The second-order valence-corrected chi connectivity index (χ2v) is 6.92. The number of esters is 1. The highest BCUT2D eigenvalue weighted by atomic mass is 19.1. The standard InChI is InChI=1S/C26H17F3O3/c27-19-15-22(28)24(23(29)16-19)26(30)32-25(17-7-3-1-4-8-17)18-11-13-21(14-12-18)31-20-9-5-2-6-10-20/h1-16,25H. The SMILES string of the molecule is O=C(OC(c1ccccc1)c1ccc(Oc2ccccc2)cc1)c1c(F)cc(F)cc1F. The Morgan fingerprint density at radius 3 is 1.75 bits per heavy atom. The monoisotopic (exact) mass is 434 g/mol. The lowest BCUT2D eigenvalue weighted by Gasteiger charge is -2.20. The molecular weight excluding hydrogens is 417 g/mol. The van der Waals surface area contributed by atoms with Crippen molar-refractivity contribution in [1.82, 2.24) is 0 Å². The van der Waals surface area contributed by atoms with Crippen molar-refractivity contribution in [3.05, 3.63) is 131 Å². The Balaban J connectivity index is 1.63. The molecule has 0 heterocycles. The molecule has 160 valence electrons. The summed E-state index contributed by atoms with van der Waals surface area (Å²) in [6, 6.07) is 25.6. The van der Waals surface area contributed by atoms with Crippen LogP contribution in [0.1, 0.15) is 27.6 Å². The molecule has 4 rings (SSSR count). The summed E-state index contributed by atoms with van der Waals surface area (Å²) in [5.74, 6) is -3.79. The molecule has 4 aromatic rings. The molecule has 0 aliphatic rings. The third-order valence-electron chi connectivity index (χ3n) is 4.70. The quantitative estimate of drug-likeness (QED) is 0.312. The van der Waals surface area contributed by atoms with Crippen LogP contribution < -0.4 is 4.74 Å². The summed E-state index contributed by atoms with van der Waals surface area (Å²) in [5, 5.41) is 0. The molecule has 0 N–H and O–H groups in total. The van der Waals surface area contributed by atoms with Crippen LogP contribution in [0.25, 0.3) is 0 Å². The summed E-state index contributed by atoms with van der Waals surface area (Å²) >= 11 is 0. The van der Waals surface area contributed by atoms with Crippen molar-refractivity contribution < 1.29 is 27.4 Å². The van der Waals surface area contributed by atoms with Crippen molar-refractivity contribution in [3.63, 3.8) is 0 Å². The second-order valence-electron chi connectivity index (χ2n) is 6.92. The smallest absolute Gasteiger partial charge is 0.345 e. The van der Waals surface area contributed by atoms with Crippen LogP contribution in [0.3, 0.4) is 0 Å². The van der Waals surface area contributed by atoms with Gasteiger partial charge in [0.1, 0.15) is 34.5 Å². The van der Waals surface area contributed by atoms with E-state index in [1.54, 1.807) is 54.6 Å². The average Bonchev–Trinajstić information content (AvgIpc) is 2.79. The minimum Gasteiger partial charge on any atom is -0.457 e. The van der Waals surface area contributed by atoms with Crippen LogP contribution in [-0.2, 0) is 4.74 Å². The molecule has 0 radical (unpaired) electrons. The summed E-state index contributed by atoms with van der Waals surface area (Å²) in [6.07, 6.45) is -0.946. The lowest BCUT2D eigenvalue weighted by atomic mass is 10.0. The molecule has 0 saturated carbocycles. The topological polar surface area (TPSA) is 35.5 Å². The molecule has 3 nitrogen and oxygen atoms in total. The second kappa shape index (κ2) is 9.39. The average molecular weight is 434 g/mol. The lowest BCUT2D eigenvalue weighted by Crippen LogP contribution is -2.16. The Kier molecular flexibility index (Phi) is 6.22. The Morgan fingerprint density at radius 2 is 1.16 bits per heavy atom. The number of halogens is 3. The molecule has 0 saturated heterocycles. The van der Waals surface area contributed by atoms with Crippen LogP contribution in [0.5, 0.6) is 11.5 Å². The van der Waals surface area contributed by atoms with Crippen molar-refractivity contribution in [1.29, 1.82) is 0 Å². The summed E-state index contributed by atoms with van der Waals surface area (Å²) < 4.78 is 52.6. The number of benzene rings is 4. The van der Waals surface area contributed by atoms with Crippen molar-refractivity contribution >= 4 is 5.97 Å². The maximum atomic E-state index is 14.1. The van der Waals surface area contributed by atoms with Crippen LogP contribution in [-0.4, -0.2) is 5.97 Å². The summed E-state index contributed by atoms with van der Waals surface area (Å²) in [6.45, 7) is 0. The largest absolute Gasteiger partial charge is 0.457 e. The third kappa shape index (κ3) is 4.81. The number of ether oxygens (including phenoxy) is 2. The van der Waals surface area contributed by atoms with Crippen LogP contribution in [0, 0.1) is 17.5 Å². The van der Waals surface area contributed by atoms with Gasteiger partial charge in [-0.15, -0.1) is 0 Å². The molecular formula is C26H17F3O3. The highest BCUT2D eigenvalue weighted by molar-refractivity contribution is 5.90. The van der Waals surface area contributed by atoms with Gasteiger partial charge in [-0.25, -0.2) is 18.0 Å². The number of carbonyl (C=O) groups excluding carboxylic acids is 1. The zero-order chi connectivity index (χ0) is 22.5. The minimum atomic E-state index is -1.33. The van der Waals surface area contributed by atoms with E-state index in [2.05, 4.69) is 0 Å². The summed E-state index contributed by atoms with van der Waals surface area (Å²) in [7, 11) is 0. The highest BCUT2D eigenvalue weighted by Crippen LogP contribution is 2.30. The third-order valence-corrected chi connectivity index (χ3v) is 4.70. The van der Waals surface area contributed by atoms with E-state index in [0.717, 1.165) is 0 Å². The predicted molar refractivity (Wildman–Crippen MR) is 113 cm³/mol. The van der Waals surface area contributed by atoms with Gasteiger partial charge in [-0.1, -0.05) is 60.7 Å². The van der Waals surface area contributed by atoms with Crippen molar-refractivity contribution in [2.24, 2.45) is 0 Å². The Labute approximate surface area is 182 Å². The lowest BCUT2D eigenvalue weighted by molar-refractivity contribution is 0.0366. The Bertz CT molecular complexity index is 1190. The van der Waals surface area contributed by atoms with E-state index in [4.69, 9.17) is 9.47 Å². The fraction of sp³-hybridized carbons (Fsp3) is 0.0385. The van der Waals surface area contributed by atoms with Gasteiger partial charge in [-0.2, -0.15) is 0 Å². The van der Waals surface area contributed by atoms with Gasteiger partial charge in [0.25, 0.3) is 0 Å². The molecule has 0 bridgehead atoms. The molecule has 4 aromatic carbocycles. The van der Waals surface area contributed by atoms with E-state index in [9.17, 15) is 18.0 Å².